The second kappa shape index (κ2) is 5.77. The minimum Gasteiger partial charge on any atom is -0.504 e. The number of amides is 1. The number of aromatic hydroxyl groups is 2. The summed E-state index contributed by atoms with van der Waals surface area (Å²) < 4.78 is 0. The van der Waals surface area contributed by atoms with Gasteiger partial charge in [0.2, 0.25) is 0 Å². The molecule has 6 nitrogen and oxygen atoms in total. The van der Waals surface area contributed by atoms with Crippen LogP contribution in [0.4, 0.5) is 0 Å². The molecule has 112 valence electrons. The van der Waals surface area contributed by atoms with Gasteiger partial charge in [-0.2, -0.15) is 0 Å². The van der Waals surface area contributed by atoms with Gasteiger partial charge < -0.3 is 10.2 Å². The Hall–Kier alpha value is -3.02. The predicted octanol–water partition coefficient (Wildman–Crippen LogP) is 1.93. The van der Waals surface area contributed by atoms with Crippen molar-refractivity contribution in [2.24, 2.45) is 0 Å². The summed E-state index contributed by atoms with van der Waals surface area (Å²) in [7, 11) is 0. The number of nitrogens with zero attached hydrogens (tertiary/aromatic N) is 1. The zero-order chi connectivity index (χ0) is 15.5. The Bertz CT molecular complexity index is 736. The van der Waals surface area contributed by atoms with Crippen LogP contribution in [-0.4, -0.2) is 21.1 Å². The molecule has 0 spiro atoms. The van der Waals surface area contributed by atoms with Crippen molar-refractivity contribution in [3.8, 4) is 11.5 Å². The van der Waals surface area contributed by atoms with E-state index in [1.54, 1.807) is 30.5 Å². The first-order chi connectivity index (χ1) is 10.7. The minimum atomic E-state index is -0.327. The zero-order valence-corrected chi connectivity index (χ0v) is 11.7. The number of nitrogens with one attached hydrogen (secondary N) is 2. The number of carbonyl (C=O) groups is 1. The first-order valence-corrected chi connectivity index (χ1v) is 6.86. The zero-order valence-electron chi connectivity index (χ0n) is 11.7. The van der Waals surface area contributed by atoms with E-state index in [0.717, 1.165) is 18.4 Å². The van der Waals surface area contributed by atoms with Crippen LogP contribution in [0.25, 0.3) is 5.70 Å². The highest BCUT2D eigenvalue weighted by Gasteiger charge is 2.22. The number of carbonyl (C=O) groups excluding carboxylic acids is 1. The maximum Gasteiger partial charge on any atom is 0.271 e. The van der Waals surface area contributed by atoms with E-state index < -0.39 is 0 Å². The average molecular weight is 297 g/mol. The third kappa shape index (κ3) is 2.85. The van der Waals surface area contributed by atoms with Gasteiger partial charge in [0.15, 0.2) is 11.5 Å². The van der Waals surface area contributed by atoms with E-state index in [1.165, 1.54) is 12.3 Å². The van der Waals surface area contributed by atoms with Crippen molar-refractivity contribution in [1.29, 1.82) is 0 Å². The third-order valence-electron chi connectivity index (χ3n) is 3.36. The molecule has 1 aromatic carbocycles. The molecule has 4 N–H and O–H groups in total. The number of hydrogen-bond donors (Lipinski definition) is 4. The molecule has 22 heavy (non-hydrogen) atoms. The monoisotopic (exact) mass is 297 g/mol. The topological polar surface area (TPSA) is 94.5 Å². The van der Waals surface area contributed by atoms with Gasteiger partial charge in [-0.1, -0.05) is 6.07 Å². The Morgan fingerprint density at radius 1 is 1.09 bits per heavy atom. The van der Waals surface area contributed by atoms with Gasteiger partial charge in [-0.05, 0) is 42.7 Å². The molecule has 1 amide bonds. The molecule has 1 aromatic heterocycles. The van der Waals surface area contributed by atoms with Crippen LogP contribution in [0.2, 0.25) is 0 Å². The maximum atomic E-state index is 12.0. The molecule has 6 heteroatoms. The van der Waals surface area contributed by atoms with E-state index in [-0.39, 0.29) is 17.4 Å². The Kier molecular flexibility index (Phi) is 3.65. The van der Waals surface area contributed by atoms with E-state index in [2.05, 4.69) is 15.8 Å². The lowest BCUT2D eigenvalue weighted by molar-refractivity contribution is 0.0942. The summed E-state index contributed by atoms with van der Waals surface area (Å²) in [5, 5.41) is 19.6. The smallest absolute Gasteiger partial charge is 0.271 e. The Labute approximate surface area is 127 Å². The van der Waals surface area contributed by atoms with Crippen LogP contribution in [0.1, 0.15) is 28.8 Å². The standard InChI is InChI=1S/C16H15N3O3/c20-13-5-1-4-12(15(13)21)14(10-6-7-10)18-19-16(22)11-3-2-8-17-9-11/h1-5,8-9,18,20-21H,6-7H2,(H,19,22). The highest BCUT2D eigenvalue weighted by atomic mass is 16.3. The largest absolute Gasteiger partial charge is 0.504 e. The van der Waals surface area contributed by atoms with Crippen molar-refractivity contribution >= 4 is 11.6 Å². The van der Waals surface area contributed by atoms with Gasteiger partial charge in [-0.25, -0.2) is 0 Å². The summed E-state index contributed by atoms with van der Waals surface area (Å²) in [5.41, 5.74) is 8.01. The number of para-hydroxylation sites is 1. The second-order valence-corrected chi connectivity index (χ2v) is 4.97. The fourth-order valence-corrected chi connectivity index (χ4v) is 2.08. The normalized spacial score (nSPS) is 12.6. The number of allylic oxidation sites excluding steroid dienone is 1. The second-order valence-electron chi connectivity index (χ2n) is 4.97. The van der Waals surface area contributed by atoms with Crippen molar-refractivity contribution in [3.05, 3.63) is 59.4 Å². The van der Waals surface area contributed by atoms with Gasteiger partial charge in [-0.3, -0.25) is 20.6 Å². The molecule has 2 aromatic rings. The fraction of sp³-hybridized carbons (Fsp3) is 0.125. The van der Waals surface area contributed by atoms with Gasteiger partial charge >= 0.3 is 0 Å². The van der Waals surface area contributed by atoms with Crippen LogP contribution >= 0.6 is 0 Å². The number of hydrogen-bond acceptors (Lipinski definition) is 5. The molecular weight excluding hydrogens is 282 g/mol. The number of hydrazine groups is 1. The molecule has 3 rings (SSSR count). The first kappa shape index (κ1) is 13.9. The molecule has 1 heterocycles. The maximum absolute atomic E-state index is 12.0. The first-order valence-electron chi connectivity index (χ1n) is 6.86. The number of benzene rings is 1. The Morgan fingerprint density at radius 3 is 2.59 bits per heavy atom. The summed E-state index contributed by atoms with van der Waals surface area (Å²) in [4.78, 5) is 15.9. The molecular formula is C16H15N3O3. The van der Waals surface area contributed by atoms with Crippen molar-refractivity contribution in [2.45, 2.75) is 12.8 Å². The molecule has 1 saturated carbocycles. The summed E-state index contributed by atoms with van der Waals surface area (Å²) in [6.07, 6.45) is 4.83. The fourth-order valence-electron chi connectivity index (χ4n) is 2.08. The Morgan fingerprint density at radius 2 is 1.91 bits per heavy atom. The highest BCUT2D eigenvalue weighted by molar-refractivity contribution is 5.94. The van der Waals surface area contributed by atoms with E-state index >= 15 is 0 Å². The van der Waals surface area contributed by atoms with E-state index in [4.69, 9.17) is 0 Å². The Balaban J connectivity index is 1.79. The number of rotatable bonds is 4. The number of pyridine rings is 1. The molecule has 0 unspecified atom stereocenters. The molecule has 1 aliphatic carbocycles. The summed E-state index contributed by atoms with van der Waals surface area (Å²) >= 11 is 0. The lowest BCUT2D eigenvalue weighted by atomic mass is 10.1. The van der Waals surface area contributed by atoms with Crippen LogP contribution in [0.15, 0.2) is 48.3 Å². The third-order valence-corrected chi connectivity index (χ3v) is 3.36. The summed E-state index contributed by atoms with van der Waals surface area (Å²) in [5.74, 6) is -0.733. The van der Waals surface area contributed by atoms with Crippen LogP contribution in [0.3, 0.4) is 0 Å². The lowest BCUT2D eigenvalue weighted by Crippen LogP contribution is -2.36. The molecule has 0 atom stereocenters. The van der Waals surface area contributed by atoms with Gasteiger partial charge in [0.25, 0.3) is 5.91 Å². The minimum absolute atomic E-state index is 0.198. The average Bonchev–Trinajstić information content (AvgIpc) is 3.37. The number of aromatic nitrogens is 1. The van der Waals surface area contributed by atoms with E-state index in [1.807, 2.05) is 0 Å². The van der Waals surface area contributed by atoms with Crippen LogP contribution in [-0.2, 0) is 0 Å². The van der Waals surface area contributed by atoms with Gasteiger partial charge in [0.05, 0.1) is 11.3 Å². The summed E-state index contributed by atoms with van der Waals surface area (Å²) in [6.45, 7) is 0. The van der Waals surface area contributed by atoms with E-state index in [0.29, 0.717) is 16.8 Å². The van der Waals surface area contributed by atoms with Crippen molar-refractivity contribution in [3.63, 3.8) is 0 Å². The van der Waals surface area contributed by atoms with Crippen LogP contribution in [0, 0.1) is 0 Å². The van der Waals surface area contributed by atoms with Crippen LogP contribution in [0.5, 0.6) is 11.5 Å². The number of phenols is 2. The predicted molar refractivity (Wildman–Crippen MR) is 80.8 cm³/mol. The van der Waals surface area contributed by atoms with Gasteiger partial charge in [0.1, 0.15) is 0 Å². The molecule has 0 saturated heterocycles. The molecule has 1 aliphatic rings. The van der Waals surface area contributed by atoms with Crippen molar-refractivity contribution in [2.75, 3.05) is 0 Å². The highest BCUT2D eigenvalue weighted by Crippen LogP contribution is 2.40. The molecule has 0 bridgehead atoms. The number of phenolic OH excluding ortho intramolecular Hbond substituents is 2. The molecule has 0 aliphatic heterocycles. The SMILES string of the molecule is O=C(NNC(=C1CC1)c1cccc(O)c1O)c1cccnc1. The molecule has 0 radical (unpaired) electrons. The van der Waals surface area contributed by atoms with E-state index in [9.17, 15) is 15.0 Å². The summed E-state index contributed by atoms with van der Waals surface area (Å²) in [6, 6.07) is 8.05. The van der Waals surface area contributed by atoms with Crippen molar-refractivity contribution < 1.29 is 15.0 Å². The molecule has 1 fully saturated rings. The van der Waals surface area contributed by atoms with Crippen LogP contribution < -0.4 is 10.9 Å². The lowest BCUT2D eigenvalue weighted by Gasteiger charge is -2.14. The quantitative estimate of drug-likeness (QED) is 0.511. The van der Waals surface area contributed by atoms with Gasteiger partial charge in [0, 0.05) is 18.0 Å². The van der Waals surface area contributed by atoms with Crippen molar-refractivity contribution in [1.82, 2.24) is 15.8 Å². The van der Waals surface area contributed by atoms with Gasteiger partial charge in [-0.15, -0.1) is 0 Å².